The molecule has 0 radical (unpaired) electrons. The zero-order valence-electron chi connectivity index (χ0n) is 13.6. The molecule has 0 spiro atoms. The van der Waals surface area contributed by atoms with Crippen molar-refractivity contribution in [2.45, 2.75) is 33.2 Å². The van der Waals surface area contributed by atoms with Crippen molar-refractivity contribution >= 4 is 39.7 Å². The monoisotopic (exact) mass is 356 g/mol. The Bertz CT molecular complexity index is 744. The number of fused-ring (bicyclic) bond motifs is 1. The maximum absolute atomic E-state index is 14.0. The molecule has 2 N–H and O–H groups in total. The van der Waals surface area contributed by atoms with Gasteiger partial charge in [0, 0.05) is 29.2 Å². The van der Waals surface area contributed by atoms with Crippen LogP contribution in [0.2, 0.25) is 0 Å². The molecule has 2 heterocycles. The van der Waals surface area contributed by atoms with Gasteiger partial charge >= 0.3 is 0 Å². The van der Waals surface area contributed by atoms with Crippen molar-refractivity contribution < 1.29 is 9.18 Å². The van der Waals surface area contributed by atoms with E-state index in [1.807, 2.05) is 17.9 Å². The molecule has 3 nitrogen and oxygen atoms in total. The minimum absolute atomic E-state index is 0. The molecule has 126 valence electrons. The van der Waals surface area contributed by atoms with Gasteiger partial charge in [0.15, 0.2) is 0 Å². The van der Waals surface area contributed by atoms with Gasteiger partial charge in [-0.05, 0) is 36.5 Å². The van der Waals surface area contributed by atoms with Crippen LogP contribution in [0, 0.1) is 18.2 Å². The number of nitrogens with two attached hydrogens (primary N) is 1. The van der Waals surface area contributed by atoms with E-state index in [-0.39, 0.29) is 35.6 Å². The average Bonchev–Trinajstić information content (AvgIpc) is 2.79. The van der Waals surface area contributed by atoms with Crippen LogP contribution in [0.15, 0.2) is 18.2 Å². The van der Waals surface area contributed by atoms with Gasteiger partial charge < -0.3 is 10.6 Å². The quantitative estimate of drug-likeness (QED) is 0.840. The number of carbonyl (C=O) groups excluding carboxylic acids is 1. The number of aryl methyl sites for hydroxylation is 1. The molecule has 0 saturated carbocycles. The summed E-state index contributed by atoms with van der Waals surface area (Å²) >= 11 is 1.38. The van der Waals surface area contributed by atoms with Crippen LogP contribution in [-0.2, 0) is 0 Å². The van der Waals surface area contributed by atoms with E-state index in [4.69, 9.17) is 5.73 Å². The lowest BCUT2D eigenvalue weighted by Gasteiger charge is -2.42. The van der Waals surface area contributed by atoms with E-state index in [1.54, 1.807) is 6.07 Å². The van der Waals surface area contributed by atoms with Gasteiger partial charge in [-0.25, -0.2) is 4.39 Å². The number of benzene rings is 1. The standard InChI is InChI=1S/C17H21FN2OS.ClH/c1-10-14-11(18)5-4-6-12(14)22-15(10)16(21)20-8-7-13(19)17(2,3)9-20;/h4-6,13H,7-9,19H2,1-3H3;1H. The van der Waals surface area contributed by atoms with Crippen molar-refractivity contribution in [1.29, 1.82) is 0 Å². The topological polar surface area (TPSA) is 46.3 Å². The lowest BCUT2D eigenvalue weighted by atomic mass is 9.79. The number of carbonyl (C=O) groups is 1. The Morgan fingerprint density at radius 3 is 2.74 bits per heavy atom. The van der Waals surface area contributed by atoms with E-state index in [0.29, 0.717) is 23.4 Å². The molecule has 1 atom stereocenters. The van der Waals surface area contributed by atoms with Gasteiger partial charge in [-0.15, -0.1) is 23.7 Å². The fraction of sp³-hybridized carbons (Fsp3) is 0.471. The molecule has 0 aliphatic carbocycles. The summed E-state index contributed by atoms with van der Waals surface area (Å²) in [6.45, 7) is 7.32. The second-order valence-corrected chi connectivity index (χ2v) is 7.83. The highest BCUT2D eigenvalue weighted by atomic mass is 35.5. The molecule has 1 saturated heterocycles. The zero-order chi connectivity index (χ0) is 16.1. The largest absolute Gasteiger partial charge is 0.337 e. The lowest BCUT2D eigenvalue weighted by molar-refractivity contribution is 0.0537. The Balaban J connectivity index is 0.00000192. The van der Waals surface area contributed by atoms with E-state index in [9.17, 15) is 9.18 Å². The third kappa shape index (κ3) is 3.10. The van der Waals surface area contributed by atoms with Crippen LogP contribution in [0.1, 0.15) is 35.5 Å². The van der Waals surface area contributed by atoms with Gasteiger partial charge in [0.05, 0.1) is 4.88 Å². The molecule has 1 amide bonds. The Hall–Kier alpha value is -1.17. The van der Waals surface area contributed by atoms with Crippen LogP contribution in [0.3, 0.4) is 0 Å². The van der Waals surface area contributed by atoms with Gasteiger partial charge in [0.25, 0.3) is 5.91 Å². The molecule has 1 aliphatic rings. The van der Waals surface area contributed by atoms with Gasteiger partial charge in [-0.3, -0.25) is 4.79 Å². The highest BCUT2D eigenvalue weighted by Gasteiger charge is 2.36. The molecule has 0 bridgehead atoms. The fourth-order valence-electron chi connectivity index (χ4n) is 3.15. The highest BCUT2D eigenvalue weighted by Crippen LogP contribution is 2.35. The number of rotatable bonds is 1. The maximum Gasteiger partial charge on any atom is 0.264 e. The van der Waals surface area contributed by atoms with Gasteiger partial charge in [0.2, 0.25) is 0 Å². The first kappa shape index (κ1) is 18.2. The molecular formula is C17H22ClFN2OS. The Morgan fingerprint density at radius 1 is 1.43 bits per heavy atom. The number of piperidine rings is 1. The summed E-state index contributed by atoms with van der Waals surface area (Å²) in [5.74, 6) is -0.260. The first-order valence-corrected chi connectivity index (χ1v) is 8.35. The summed E-state index contributed by atoms with van der Waals surface area (Å²) in [6.07, 6.45) is 0.803. The summed E-state index contributed by atoms with van der Waals surface area (Å²) in [7, 11) is 0. The number of halogens is 2. The van der Waals surface area contributed by atoms with Crippen LogP contribution in [0.4, 0.5) is 4.39 Å². The number of amides is 1. The number of hydrogen-bond acceptors (Lipinski definition) is 3. The van der Waals surface area contributed by atoms with Crippen molar-refractivity contribution in [2.75, 3.05) is 13.1 Å². The second kappa shape index (κ2) is 6.38. The van der Waals surface area contributed by atoms with E-state index >= 15 is 0 Å². The van der Waals surface area contributed by atoms with Crippen molar-refractivity contribution in [3.63, 3.8) is 0 Å². The Morgan fingerprint density at radius 2 is 2.13 bits per heavy atom. The molecule has 3 rings (SSSR count). The van der Waals surface area contributed by atoms with E-state index < -0.39 is 0 Å². The van der Waals surface area contributed by atoms with Crippen LogP contribution in [-0.4, -0.2) is 29.9 Å². The second-order valence-electron chi connectivity index (χ2n) is 6.78. The first-order valence-electron chi connectivity index (χ1n) is 7.54. The third-order valence-electron chi connectivity index (χ3n) is 4.70. The first-order chi connectivity index (χ1) is 10.3. The highest BCUT2D eigenvalue weighted by molar-refractivity contribution is 7.21. The molecular weight excluding hydrogens is 335 g/mol. The molecule has 23 heavy (non-hydrogen) atoms. The molecule has 1 aliphatic heterocycles. The SMILES string of the molecule is Cc1c(C(=O)N2CCC(N)C(C)(C)C2)sc2cccc(F)c12.Cl. The van der Waals surface area contributed by atoms with Crippen molar-refractivity contribution in [2.24, 2.45) is 11.1 Å². The van der Waals surface area contributed by atoms with Gasteiger partial charge in [-0.1, -0.05) is 19.9 Å². The van der Waals surface area contributed by atoms with Gasteiger partial charge in [-0.2, -0.15) is 0 Å². The Kier molecular flexibility index (Phi) is 5.04. The molecule has 1 aromatic heterocycles. The normalized spacial score (nSPS) is 20.4. The minimum Gasteiger partial charge on any atom is -0.337 e. The predicted molar refractivity (Wildman–Crippen MR) is 96.0 cm³/mol. The number of likely N-dealkylation sites (tertiary alicyclic amines) is 1. The smallest absolute Gasteiger partial charge is 0.264 e. The summed E-state index contributed by atoms with van der Waals surface area (Å²) in [5, 5.41) is 0.573. The van der Waals surface area contributed by atoms with E-state index in [1.165, 1.54) is 17.4 Å². The number of nitrogens with zero attached hydrogens (tertiary/aromatic N) is 1. The zero-order valence-corrected chi connectivity index (χ0v) is 15.2. The molecule has 1 unspecified atom stereocenters. The lowest BCUT2D eigenvalue weighted by Crippen LogP contribution is -2.53. The van der Waals surface area contributed by atoms with E-state index in [0.717, 1.165) is 16.7 Å². The summed E-state index contributed by atoms with van der Waals surface area (Å²) < 4.78 is 14.8. The van der Waals surface area contributed by atoms with Crippen molar-refractivity contribution in [3.05, 3.63) is 34.5 Å². The molecule has 2 aromatic rings. The fourth-order valence-corrected chi connectivity index (χ4v) is 4.34. The van der Waals surface area contributed by atoms with Crippen molar-refractivity contribution in [1.82, 2.24) is 4.90 Å². The van der Waals surface area contributed by atoms with Crippen LogP contribution >= 0.6 is 23.7 Å². The average molecular weight is 357 g/mol. The minimum atomic E-state index is -0.258. The Labute approximate surface area is 146 Å². The molecule has 1 aromatic carbocycles. The van der Waals surface area contributed by atoms with Crippen LogP contribution < -0.4 is 5.73 Å². The maximum atomic E-state index is 14.0. The molecule has 6 heteroatoms. The predicted octanol–water partition coefficient (Wildman–Crippen LogP) is 3.97. The summed E-state index contributed by atoms with van der Waals surface area (Å²) in [6, 6.07) is 5.10. The van der Waals surface area contributed by atoms with Crippen molar-refractivity contribution in [3.8, 4) is 0 Å². The summed E-state index contributed by atoms with van der Waals surface area (Å²) in [5.41, 5.74) is 6.79. The van der Waals surface area contributed by atoms with Crippen LogP contribution in [0.25, 0.3) is 10.1 Å². The third-order valence-corrected chi connectivity index (χ3v) is 5.94. The summed E-state index contributed by atoms with van der Waals surface area (Å²) in [4.78, 5) is 15.4. The van der Waals surface area contributed by atoms with E-state index in [2.05, 4.69) is 13.8 Å². The van der Waals surface area contributed by atoms with Gasteiger partial charge in [0.1, 0.15) is 5.82 Å². The number of thiophene rings is 1. The van der Waals surface area contributed by atoms with Crippen LogP contribution in [0.5, 0.6) is 0 Å². The molecule has 1 fully saturated rings. The number of hydrogen-bond donors (Lipinski definition) is 1.